The number of carbonyl (C=O) groups excluding carboxylic acids is 1. The fourth-order valence-corrected chi connectivity index (χ4v) is 2.59. The van der Waals surface area contributed by atoms with E-state index in [0.29, 0.717) is 4.75 Å². The number of rotatable bonds is 5. The van der Waals surface area contributed by atoms with Crippen molar-refractivity contribution < 1.29 is 4.79 Å². The highest BCUT2D eigenvalue weighted by Gasteiger charge is 2.36. The van der Waals surface area contributed by atoms with E-state index in [0.717, 1.165) is 6.54 Å². The van der Waals surface area contributed by atoms with Crippen molar-refractivity contribution in [3.05, 3.63) is 0 Å². The minimum absolute atomic E-state index is 0.0726. The van der Waals surface area contributed by atoms with Crippen molar-refractivity contribution in [2.75, 3.05) is 12.8 Å². The first-order chi connectivity index (χ1) is 7.01. The fourth-order valence-electron chi connectivity index (χ4n) is 1.67. The Balaban J connectivity index is 2.33. The zero-order valence-electron chi connectivity index (χ0n) is 9.88. The lowest BCUT2D eigenvalue weighted by molar-refractivity contribution is -0.125. The van der Waals surface area contributed by atoms with Gasteiger partial charge in [0.25, 0.3) is 0 Å². The Bertz CT molecular complexity index is 221. The summed E-state index contributed by atoms with van der Waals surface area (Å²) < 4.78 is 0.313. The number of hydrogen-bond acceptors (Lipinski definition) is 3. The highest BCUT2D eigenvalue weighted by atomic mass is 32.2. The summed E-state index contributed by atoms with van der Waals surface area (Å²) in [7, 11) is 0. The van der Waals surface area contributed by atoms with Crippen LogP contribution in [0, 0.1) is 5.92 Å². The Morgan fingerprint density at radius 3 is 2.47 bits per heavy atom. The van der Waals surface area contributed by atoms with Crippen LogP contribution in [0.25, 0.3) is 0 Å². The number of hydrogen-bond donors (Lipinski definition) is 2. The predicted octanol–water partition coefficient (Wildman–Crippen LogP) is 1.37. The summed E-state index contributed by atoms with van der Waals surface area (Å²) in [4.78, 5) is 11.7. The number of thioether (sulfide) groups is 1. The lowest BCUT2D eigenvalue weighted by atomic mass is 9.84. The van der Waals surface area contributed by atoms with Crippen LogP contribution in [-0.4, -0.2) is 29.5 Å². The van der Waals surface area contributed by atoms with Gasteiger partial charge in [0.15, 0.2) is 0 Å². The van der Waals surface area contributed by atoms with E-state index < -0.39 is 0 Å². The van der Waals surface area contributed by atoms with Crippen LogP contribution in [0.3, 0.4) is 0 Å². The lowest BCUT2D eigenvalue weighted by Crippen LogP contribution is -2.48. The molecule has 2 atom stereocenters. The molecule has 0 heterocycles. The fraction of sp³-hybridized carbons (Fsp3) is 0.909. The van der Waals surface area contributed by atoms with Crippen molar-refractivity contribution >= 4 is 17.7 Å². The Hall–Kier alpha value is -0.220. The summed E-state index contributed by atoms with van der Waals surface area (Å²) in [6, 6.07) is -0.0726. The molecule has 1 saturated carbocycles. The first-order valence-corrected chi connectivity index (χ1v) is 6.82. The third-order valence-corrected chi connectivity index (χ3v) is 4.90. The van der Waals surface area contributed by atoms with Gasteiger partial charge in [0.2, 0.25) is 5.91 Å². The number of carbonyl (C=O) groups is 1. The Morgan fingerprint density at radius 2 is 2.13 bits per heavy atom. The summed E-state index contributed by atoms with van der Waals surface area (Å²) in [6.07, 6.45) is 5.86. The Morgan fingerprint density at radius 1 is 1.53 bits per heavy atom. The number of nitrogens with two attached hydrogens (primary N) is 1. The van der Waals surface area contributed by atoms with Gasteiger partial charge in [0, 0.05) is 23.3 Å². The van der Waals surface area contributed by atoms with Gasteiger partial charge in [-0.3, -0.25) is 4.79 Å². The first kappa shape index (κ1) is 12.8. The van der Waals surface area contributed by atoms with Crippen LogP contribution >= 0.6 is 11.8 Å². The molecule has 15 heavy (non-hydrogen) atoms. The van der Waals surface area contributed by atoms with Gasteiger partial charge in [0.1, 0.15) is 0 Å². The van der Waals surface area contributed by atoms with E-state index in [2.05, 4.69) is 11.6 Å². The maximum Gasteiger partial charge on any atom is 0.224 e. The molecule has 88 valence electrons. The van der Waals surface area contributed by atoms with Crippen molar-refractivity contribution in [1.29, 1.82) is 0 Å². The van der Waals surface area contributed by atoms with Crippen LogP contribution in [-0.2, 0) is 4.79 Å². The molecule has 1 fully saturated rings. The largest absolute Gasteiger partial charge is 0.354 e. The molecule has 2 unspecified atom stereocenters. The average Bonchev–Trinajstić information content (AvgIpc) is 2.15. The van der Waals surface area contributed by atoms with Crippen LogP contribution in [0.1, 0.15) is 33.1 Å². The second-order valence-corrected chi connectivity index (χ2v) is 5.88. The zero-order valence-corrected chi connectivity index (χ0v) is 10.7. The quantitative estimate of drug-likeness (QED) is 0.750. The van der Waals surface area contributed by atoms with Crippen molar-refractivity contribution in [1.82, 2.24) is 5.32 Å². The molecule has 4 heteroatoms. The third-order valence-electron chi connectivity index (χ3n) is 3.48. The molecular weight excluding hydrogens is 208 g/mol. The van der Waals surface area contributed by atoms with Crippen molar-refractivity contribution in [2.45, 2.75) is 43.9 Å². The van der Waals surface area contributed by atoms with Crippen LogP contribution in [0.15, 0.2) is 0 Å². The maximum absolute atomic E-state index is 11.7. The molecule has 0 aromatic rings. The van der Waals surface area contributed by atoms with Gasteiger partial charge in [0.05, 0.1) is 0 Å². The molecule has 0 spiro atoms. The summed E-state index contributed by atoms with van der Waals surface area (Å²) in [6.45, 7) is 4.55. The van der Waals surface area contributed by atoms with Gasteiger partial charge in [-0.1, -0.05) is 13.3 Å². The highest BCUT2D eigenvalue weighted by Crippen LogP contribution is 2.42. The van der Waals surface area contributed by atoms with Gasteiger partial charge < -0.3 is 11.1 Å². The van der Waals surface area contributed by atoms with Gasteiger partial charge in [-0.25, -0.2) is 0 Å². The molecular formula is C11H22N2OS. The van der Waals surface area contributed by atoms with E-state index >= 15 is 0 Å². The van der Waals surface area contributed by atoms with Crippen LogP contribution < -0.4 is 11.1 Å². The third kappa shape index (κ3) is 3.11. The van der Waals surface area contributed by atoms with Crippen molar-refractivity contribution in [2.24, 2.45) is 11.7 Å². The van der Waals surface area contributed by atoms with E-state index in [9.17, 15) is 4.79 Å². The SMILES string of the molecule is CSC1(CNC(=O)C(C)C(C)N)CCC1. The topological polar surface area (TPSA) is 55.1 Å². The minimum atomic E-state index is -0.0935. The zero-order chi connectivity index (χ0) is 11.5. The molecule has 0 aliphatic heterocycles. The lowest BCUT2D eigenvalue weighted by Gasteiger charge is -2.40. The smallest absolute Gasteiger partial charge is 0.224 e. The second kappa shape index (κ2) is 5.21. The molecule has 1 amide bonds. The van der Waals surface area contributed by atoms with Crippen molar-refractivity contribution in [3.63, 3.8) is 0 Å². The minimum Gasteiger partial charge on any atom is -0.354 e. The molecule has 0 saturated heterocycles. The highest BCUT2D eigenvalue weighted by molar-refractivity contribution is 8.00. The summed E-state index contributed by atoms with van der Waals surface area (Å²) in [5, 5.41) is 3.02. The molecule has 1 aliphatic rings. The maximum atomic E-state index is 11.7. The molecule has 3 nitrogen and oxygen atoms in total. The summed E-state index contributed by atoms with van der Waals surface area (Å²) >= 11 is 1.88. The van der Waals surface area contributed by atoms with E-state index in [1.807, 2.05) is 25.6 Å². The second-order valence-electron chi connectivity index (χ2n) is 4.61. The van der Waals surface area contributed by atoms with E-state index in [1.165, 1.54) is 19.3 Å². The Kier molecular flexibility index (Phi) is 4.46. The summed E-state index contributed by atoms with van der Waals surface area (Å²) in [5.74, 6) is -0.00527. The molecule has 0 radical (unpaired) electrons. The van der Waals surface area contributed by atoms with Crippen LogP contribution in [0.4, 0.5) is 0 Å². The molecule has 1 rings (SSSR count). The van der Waals surface area contributed by atoms with Gasteiger partial charge in [-0.05, 0) is 26.0 Å². The summed E-state index contributed by atoms with van der Waals surface area (Å²) in [5.41, 5.74) is 5.69. The monoisotopic (exact) mass is 230 g/mol. The molecule has 3 N–H and O–H groups in total. The number of amides is 1. The van der Waals surface area contributed by atoms with Gasteiger partial charge >= 0.3 is 0 Å². The molecule has 0 aromatic carbocycles. The standard InChI is InChI=1S/C11H22N2OS/c1-8(9(2)12)10(14)13-7-11(15-3)5-4-6-11/h8-9H,4-7,12H2,1-3H3,(H,13,14). The molecule has 0 bridgehead atoms. The van der Waals surface area contributed by atoms with Crippen LogP contribution in [0.2, 0.25) is 0 Å². The molecule has 1 aliphatic carbocycles. The first-order valence-electron chi connectivity index (χ1n) is 5.59. The molecule has 0 aromatic heterocycles. The van der Waals surface area contributed by atoms with Gasteiger partial charge in [-0.15, -0.1) is 0 Å². The van der Waals surface area contributed by atoms with Crippen molar-refractivity contribution in [3.8, 4) is 0 Å². The average molecular weight is 230 g/mol. The normalized spacial score (nSPS) is 22.7. The van der Waals surface area contributed by atoms with Crippen LogP contribution in [0.5, 0.6) is 0 Å². The van der Waals surface area contributed by atoms with E-state index in [1.54, 1.807) is 0 Å². The van der Waals surface area contributed by atoms with E-state index in [-0.39, 0.29) is 17.9 Å². The Labute approximate surface area is 96.6 Å². The van der Waals surface area contributed by atoms with Gasteiger partial charge in [-0.2, -0.15) is 11.8 Å². The number of nitrogens with one attached hydrogen (secondary N) is 1. The van der Waals surface area contributed by atoms with E-state index in [4.69, 9.17) is 5.73 Å². The predicted molar refractivity (Wildman–Crippen MR) is 65.9 cm³/mol.